The number of hydrogen-bond donors (Lipinski definition) is 1. The van der Waals surface area contributed by atoms with Crippen LogP contribution >= 0.6 is 0 Å². The molecule has 106 valence electrons. The first-order valence-corrected chi connectivity index (χ1v) is 7.18. The van der Waals surface area contributed by atoms with Crippen molar-refractivity contribution < 1.29 is 9.13 Å². The molecule has 0 aliphatic heterocycles. The molecule has 19 heavy (non-hydrogen) atoms. The molecule has 1 saturated carbocycles. The minimum Gasteiger partial charge on any atom is -0.494 e. The van der Waals surface area contributed by atoms with E-state index in [1.54, 1.807) is 6.07 Å². The second-order valence-corrected chi connectivity index (χ2v) is 5.51. The van der Waals surface area contributed by atoms with Gasteiger partial charge in [0.25, 0.3) is 0 Å². The molecule has 2 nitrogen and oxygen atoms in total. The van der Waals surface area contributed by atoms with Crippen LogP contribution in [0.25, 0.3) is 0 Å². The molecular formula is C16H24FNO. The van der Waals surface area contributed by atoms with Gasteiger partial charge >= 0.3 is 0 Å². The van der Waals surface area contributed by atoms with Crippen molar-refractivity contribution in [1.29, 1.82) is 0 Å². The average Bonchev–Trinajstić information content (AvgIpc) is 2.91. The molecule has 0 amide bonds. The van der Waals surface area contributed by atoms with Gasteiger partial charge in [-0.3, -0.25) is 0 Å². The summed E-state index contributed by atoms with van der Waals surface area (Å²) in [5, 5.41) is 3.35. The van der Waals surface area contributed by atoms with E-state index in [9.17, 15) is 4.39 Å². The number of rotatable bonds is 5. The molecule has 1 aliphatic rings. The summed E-state index contributed by atoms with van der Waals surface area (Å²) in [5.41, 5.74) is 0.924. The number of ether oxygens (including phenoxy) is 1. The van der Waals surface area contributed by atoms with Gasteiger partial charge in [-0.2, -0.15) is 0 Å². The summed E-state index contributed by atoms with van der Waals surface area (Å²) in [6.07, 6.45) is 5.92. The second kappa shape index (κ2) is 5.91. The quantitative estimate of drug-likeness (QED) is 0.866. The van der Waals surface area contributed by atoms with E-state index in [-0.39, 0.29) is 17.3 Å². The maximum Gasteiger partial charge on any atom is 0.169 e. The molecular weight excluding hydrogens is 241 g/mol. The number of methoxy groups -OCH3 is 1. The van der Waals surface area contributed by atoms with E-state index in [1.165, 1.54) is 32.8 Å². The van der Waals surface area contributed by atoms with Crippen molar-refractivity contribution in [2.24, 2.45) is 5.41 Å². The summed E-state index contributed by atoms with van der Waals surface area (Å²) in [6.45, 7) is 2.22. The zero-order valence-corrected chi connectivity index (χ0v) is 12.1. The summed E-state index contributed by atoms with van der Waals surface area (Å²) in [6, 6.07) is 5.50. The Morgan fingerprint density at radius 3 is 2.58 bits per heavy atom. The van der Waals surface area contributed by atoms with Crippen LogP contribution < -0.4 is 10.1 Å². The van der Waals surface area contributed by atoms with E-state index < -0.39 is 0 Å². The van der Waals surface area contributed by atoms with Crippen LogP contribution in [0.4, 0.5) is 4.39 Å². The average molecular weight is 265 g/mol. The van der Waals surface area contributed by atoms with Crippen LogP contribution in [0, 0.1) is 11.2 Å². The van der Waals surface area contributed by atoms with Gasteiger partial charge in [-0.1, -0.05) is 31.9 Å². The summed E-state index contributed by atoms with van der Waals surface area (Å²) < 4.78 is 19.6. The minimum atomic E-state index is -0.218. The van der Waals surface area contributed by atoms with Crippen LogP contribution in [0.1, 0.15) is 50.6 Å². The lowest BCUT2D eigenvalue weighted by Crippen LogP contribution is -2.34. The van der Waals surface area contributed by atoms with Gasteiger partial charge < -0.3 is 10.1 Å². The molecule has 1 fully saturated rings. The first-order chi connectivity index (χ1) is 9.18. The Labute approximate surface area is 115 Å². The molecule has 1 N–H and O–H groups in total. The van der Waals surface area contributed by atoms with Gasteiger partial charge in [0.05, 0.1) is 7.11 Å². The highest BCUT2D eigenvalue weighted by Crippen LogP contribution is 2.50. The number of halogens is 1. The standard InChI is InChI=1S/C16H24FNO/c1-4-16(10-5-6-11-16)15(18-2)12-8-7-9-13(19-3)14(12)17/h7-9,15,18H,4-6,10-11H2,1-3H3. The van der Waals surface area contributed by atoms with Gasteiger partial charge in [-0.05, 0) is 37.8 Å². The predicted molar refractivity (Wildman–Crippen MR) is 75.9 cm³/mol. The normalized spacial score (nSPS) is 19.4. The van der Waals surface area contributed by atoms with E-state index in [1.807, 2.05) is 19.2 Å². The SMILES string of the molecule is CCC1(C(NC)c2cccc(OC)c2F)CCCC1. The maximum atomic E-state index is 14.5. The fourth-order valence-corrected chi connectivity index (χ4v) is 3.63. The Morgan fingerprint density at radius 1 is 1.37 bits per heavy atom. The van der Waals surface area contributed by atoms with Crippen LogP contribution in [0.3, 0.4) is 0 Å². The lowest BCUT2D eigenvalue weighted by molar-refractivity contribution is 0.190. The number of hydrogen-bond acceptors (Lipinski definition) is 2. The highest BCUT2D eigenvalue weighted by atomic mass is 19.1. The van der Waals surface area contributed by atoms with Crippen LogP contribution in [0.15, 0.2) is 18.2 Å². The minimum absolute atomic E-state index is 0.0649. The summed E-state index contributed by atoms with van der Waals surface area (Å²) in [4.78, 5) is 0. The number of benzene rings is 1. The van der Waals surface area contributed by atoms with E-state index in [0.29, 0.717) is 5.75 Å². The van der Waals surface area contributed by atoms with Gasteiger partial charge in [-0.15, -0.1) is 0 Å². The van der Waals surface area contributed by atoms with Crippen molar-refractivity contribution in [2.75, 3.05) is 14.2 Å². The molecule has 2 rings (SSSR count). The lowest BCUT2D eigenvalue weighted by Gasteiger charge is -2.37. The van der Waals surface area contributed by atoms with Crippen molar-refractivity contribution >= 4 is 0 Å². The van der Waals surface area contributed by atoms with Crippen molar-refractivity contribution in [2.45, 2.75) is 45.1 Å². The van der Waals surface area contributed by atoms with Gasteiger partial charge in [0.1, 0.15) is 0 Å². The third-order valence-corrected chi connectivity index (χ3v) is 4.73. The molecule has 0 heterocycles. The molecule has 1 aromatic carbocycles. The highest BCUT2D eigenvalue weighted by Gasteiger charge is 2.41. The zero-order valence-electron chi connectivity index (χ0n) is 12.1. The molecule has 0 aromatic heterocycles. The Morgan fingerprint density at radius 2 is 2.05 bits per heavy atom. The maximum absolute atomic E-state index is 14.5. The lowest BCUT2D eigenvalue weighted by atomic mass is 9.73. The molecule has 0 spiro atoms. The summed E-state index contributed by atoms with van der Waals surface area (Å²) in [5.74, 6) is 0.117. The van der Waals surface area contributed by atoms with Gasteiger partial charge in [0.15, 0.2) is 11.6 Å². The first-order valence-electron chi connectivity index (χ1n) is 7.18. The monoisotopic (exact) mass is 265 g/mol. The van der Waals surface area contributed by atoms with Gasteiger partial charge in [0, 0.05) is 11.6 Å². The van der Waals surface area contributed by atoms with E-state index in [4.69, 9.17) is 4.74 Å². The van der Waals surface area contributed by atoms with Crippen molar-refractivity contribution in [3.05, 3.63) is 29.6 Å². The van der Waals surface area contributed by atoms with Crippen molar-refractivity contribution in [3.8, 4) is 5.75 Å². The Bertz CT molecular complexity index is 427. The zero-order chi connectivity index (χ0) is 13.9. The van der Waals surface area contributed by atoms with Crippen molar-refractivity contribution in [3.63, 3.8) is 0 Å². The Balaban J connectivity index is 2.42. The smallest absolute Gasteiger partial charge is 0.169 e. The topological polar surface area (TPSA) is 21.3 Å². The summed E-state index contributed by atoms with van der Waals surface area (Å²) in [7, 11) is 3.45. The molecule has 1 unspecified atom stereocenters. The van der Waals surface area contributed by atoms with Crippen LogP contribution in [0.5, 0.6) is 5.75 Å². The van der Waals surface area contributed by atoms with Crippen LogP contribution in [0.2, 0.25) is 0 Å². The summed E-state index contributed by atoms with van der Waals surface area (Å²) >= 11 is 0. The molecule has 1 aliphatic carbocycles. The second-order valence-electron chi connectivity index (χ2n) is 5.51. The van der Waals surface area contributed by atoms with Gasteiger partial charge in [0.2, 0.25) is 0 Å². The predicted octanol–water partition coefficient (Wildman–Crippen LogP) is 4.07. The third-order valence-electron chi connectivity index (χ3n) is 4.73. The molecule has 1 atom stereocenters. The van der Waals surface area contributed by atoms with Crippen LogP contribution in [-0.2, 0) is 0 Å². The molecule has 0 saturated heterocycles. The fraction of sp³-hybridized carbons (Fsp3) is 0.625. The molecule has 0 radical (unpaired) electrons. The highest BCUT2D eigenvalue weighted by molar-refractivity contribution is 5.34. The van der Waals surface area contributed by atoms with E-state index in [2.05, 4.69) is 12.2 Å². The molecule has 3 heteroatoms. The number of nitrogens with one attached hydrogen (secondary N) is 1. The van der Waals surface area contributed by atoms with Crippen molar-refractivity contribution in [1.82, 2.24) is 5.32 Å². The van der Waals surface area contributed by atoms with Crippen LogP contribution in [-0.4, -0.2) is 14.2 Å². The molecule has 0 bridgehead atoms. The van der Waals surface area contributed by atoms with Gasteiger partial charge in [-0.25, -0.2) is 4.39 Å². The fourth-order valence-electron chi connectivity index (χ4n) is 3.63. The first kappa shape index (κ1) is 14.3. The largest absolute Gasteiger partial charge is 0.494 e. The molecule has 1 aromatic rings. The van der Waals surface area contributed by atoms with E-state index >= 15 is 0 Å². The third kappa shape index (κ3) is 2.48. The van der Waals surface area contributed by atoms with E-state index in [0.717, 1.165) is 12.0 Å². The Hall–Kier alpha value is -1.09. The Kier molecular flexibility index (Phi) is 4.46.